The van der Waals surface area contributed by atoms with E-state index in [1.165, 1.54) is 0 Å². The zero-order chi connectivity index (χ0) is 12.5. The Kier molecular flexibility index (Phi) is 2.87. The number of likely N-dealkylation sites (tertiary alicyclic amines) is 1. The topological polar surface area (TPSA) is 68.2 Å². The molecule has 1 atom stereocenters. The molecule has 0 bridgehead atoms. The zero-order valence-electron chi connectivity index (χ0n) is 10.6. The minimum absolute atomic E-state index is 0.276. The SMILES string of the molecule is Cc1cc(C2CCCN2Cc2nnc(C)o2)on1. The Bertz CT molecular complexity index is 534. The summed E-state index contributed by atoms with van der Waals surface area (Å²) in [6.07, 6.45) is 2.24. The van der Waals surface area contributed by atoms with E-state index in [1.54, 1.807) is 6.92 Å². The highest BCUT2D eigenvalue weighted by Crippen LogP contribution is 2.33. The van der Waals surface area contributed by atoms with Gasteiger partial charge in [0.2, 0.25) is 11.8 Å². The van der Waals surface area contributed by atoms with Gasteiger partial charge in [-0.1, -0.05) is 5.16 Å². The first-order valence-corrected chi connectivity index (χ1v) is 6.18. The van der Waals surface area contributed by atoms with Gasteiger partial charge >= 0.3 is 0 Å². The smallest absolute Gasteiger partial charge is 0.230 e. The molecular formula is C12H16N4O2. The molecule has 1 saturated heterocycles. The lowest BCUT2D eigenvalue weighted by molar-refractivity contribution is 0.189. The Morgan fingerprint density at radius 2 is 2.28 bits per heavy atom. The van der Waals surface area contributed by atoms with Crippen LogP contribution in [0, 0.1) is 13.8 Å². The molecule has 3 rings (SSSR count). The molecule has 1 unspecified atom stereocenters. The third kappa shape index (κ3) is 2.15. The summed E-state index contributed by atoms with van der Waals surface area (Å²) in [6, 6.07) is 2.28. The lowest BCUT2D eigenvalue weighted by Crippen LogP contribution is -2.22. The van der Waals surface area contributed by atoms with Gasteiger partial charge in [0.1, 0.15) is 0 Å². The van der Waals surface area contributed by atoms with E-state index < -0.39 is 0 Å². The molecule has 18 heavy (non-hydrogen) atoms. The van der Waals surface area contributed by atoms with Gasteiger partial charge < -0.3 is 8.94 Å². The molecule has 1 aliphatic rings. The van der Waals surface area contributed by atoms with Crippen LogP contribution in [-0.4, -0.2) is 26.8 Å². The number of hydrogen-bond donors (Lipinski definition) is 0. The van der Waals surface area contributed by atoms with Crippen molar-refractivity contribution >= 4 is 0 Å². The van der Waals surface area contributed by atoms with E-state index in [-0.39, 0.29) is 6.04 Å². The maximum absolute atomic E-state index is 5.42. The molecule has 3 heterocycles. The first-order valence-electron chi connectivity index (χ1n) is 6.18. The van der Waals surface area contributed by atoms with Crippen molar-refractivity contribution in [2.45, 2.75) is 39.3 Å². The van der Waals surface area contributed by atoms with Gasteiger partial charge in [-0.05, 0) is 26.3 Å². The fourth-order valence-corrected chi connectivity index (χ4v) is 2.45. The number of hydrogen-bond acceptors (Lipinski definition) is 6. The van der Waals surface area contributed by atoms with Crippen molar-refractivity contribution < 1.29 is 8.94 Å². The number of rotatable bonds is 3. The van der Waals surface area contributed by atoms with Crippen molar-refractivity contribution in [1.82, 2.24) is 20.3 Å². The molecule has 0 aliphatic carbocycles. The maximum Gasteiger partial charge on any atom is 0.230 e. The van der Waals surface area contributed by atoms with E-state index in [4.69, 9.17) is 8.94 Å². The van der Waals surface area contributed by atoms with E-state index in [9.17, 15) is 0 Å². The Morgan fingerprint density at radius 1 is 1.39 bits per heavy atom. The van der Waals surface area contributed by atoms with Gasteiger partial charge in [-0.3, -0.25) is 4.90 Å². The van der Waals surface area contributed by atoms with Crippen LogP contribution in [0.25, 0.3) is 0 Å². The fraction of sp³-hybridized carbons (Fsp3) is 0.583. The van der Waals surface area contributed by atoms with E-state index >= 15 is 0 Å². The molecule has 96 valence electrons. The van der Waals surface area contributed by atoms with Crippen molar-refractivity contribution in [3.63, 3.8) is 0 Å². The third-order valence-corrected chi connectivity index (χ3v) is 3.24. The molecule has 1 fully saturated rings. The second kappa shape index (κ2) is 4.53. The van der Waals surface area contributed by atoms with Gasteiger partial charge in [0.05, 0.1) is 18.3 Å². The summed E-state index contributed by atoms with van der Waals surface area (Å²) in [5, 5.41) is 11.8. The number of aromatic nitrogens is 3. The molecule has 2 aromatic rings. The first kappa shape index (κ1) is 11.4. The van der Waals surface area contributed by atoms with Crippen LogP contribution in [0.4, 0.5) is 0 Å². The highest BCUT2D eigenvalue weighted by Gasteiger charge is 2.30. The van der Waals surface area contributed by atoms with Crippen molar-refractivity contribution in [3.8, 4) is 0 Å². The summed E-state index contributed by atoms with van der Waals surface area (Å²) < 4.78 is 10.8. The highest BCUT2D eigenvalue weighted by atomic mass is 16.5. The quantitative estimate of drug-likeness (QED) is 0.827. The van der Waals surface area contributed by atoms with Crippen LogP contribution >= 0.6 is 0 Å². The van der Waals surface area contributed by atoms with E-state index in [0.717, 1.165) is 30.8 Å². The van der Waals surface area contributed by atoms with Gasteiger partial charge in [0.25, 0.3) is 0 Å². The summed E-state index contributed by atoms with van der Waals surface area (Å²) in [5.74, 6) is 2.20. The van der Waals surface area contributed by atoms with Gasteiger partial charge in [-0.15, -0.1) is 10.2 Å². The third-order valence-electron chi connectivity index (χ3n) is 3.24. The highest BCUT2D eigenvalue weighted by molar-refractivity contribution is 5.09. The minimum Gasteiger partial charge on any atom is -0.424 e. The van der Waals surface area contributed by atoms with Crippen LogP contribution in [0.3, 0.4) is 0 Å². The molecule has 0 saturated carbocycles. The summed E-state index contributed by atoms with van der Waals surface area (Å²) >= 11 is 0. The normalized spacial score (nSPS) is 20.7. The van der Waals surface area contributed by atoms with Crippen molar-refractivity contribution in [1.29, 1.82) is 0 Å². The largest absolute Gasteiger partial charge is 0.424 e. The first-order chi connectivity index (χ1) is 8.72. The minimum atomic E-state index is 0.276. The number of nitrogens with zero attached hydrogens (tertiary/aromatic N) is 4. The summed E-state index contributed by atoms with van der Waals surface area (Å²) in [7, 11) is 0. The molecule has 0 spiro atoms. The molecule has 1 aliphatic heterocycles. The summed E-state index contributed by atoms with van der Waals surface area (Å²) in [6.45, 7) is 5.43. The fourth-order valence-electron chi connectivity index (χ4n) is 2.45. The summed E-state index contributed by atoms with van der Waals surface area (Å²) in [5.41, 5.74) is 0.922. The lowest BCUT2D eigenvalue weighted by Gasteiger charge is -2.19. The summed E-state index contributed by atoms with van der Waals surface area (Å²) in [4.78, 5) is 2.30. The van der Waals surface area contributed by atoms with Crippen molar-refractivity contribution in [3.05, 3.63) is 29.3 Å². The molecule has 0 amide bonds. The average Bonchev–Trinajstić information content (AvgIpc) is 3.01. The maximum atomic E-state index is 5.42. The molecule has 0 radical (unpaired) electrons. The standard InChI is InChI=1S/C12H16N4O2/c1-8-6-11(18-15-8)10-4-3-5-16(10)7-12-14-13-9(2)17-12/h6,10H,3-5,7H2,1-2H3. The van der Waals surface area contributed by atoms with Crippen LogP contribution in [0.15, 0.2) is 15.0 Å². The van der Waals surface area contributed by atoms with Crippen LogP contribution in [0.1, 0.15) is 42.1 Å². The molecular weight excluding hydrogens is 232 g/mol. The number of aryl methyl sites for hydroxylation is 2. The van der Waals surface area contributed by atoms with E-state index in [0.29, 0.717) is 18.3 Å². The molecule has 0 N–H and O–H groups in total. The Morgan fingerprint density at radius 3 is 2.94 bits per heavy atom. The van der Waals surface area contributed by atoms with Gasteiger partial charge in [-0.2, -0.15) is 0 Å². The second-order valence-corrected chi connectivity index (χ2v) is 4.71. The van der Waals surface area contributed by atoms with Crippen LogP contribution in [0.5, 0.6) is 0 Å². The Hall–Kier alpha value is -1.69. The van der Waals surface area contributed by atoms with Crippen LogP contribution < -0.4 is 0 Å². The predicted molar refractivity (Wildman–Crippen MR) is 62.7 cm³/mol. The van der Waals surface area contributed by atoms with Crippen LogP contribution in [0.2, 0.25) is 0 Å². The van der Waals surface area contributed by atoms with Crippen LogP contribution in [-0.2, 0) is 6.54 Å². The van der Waals surface area contributed by atoms with Gasteiger partial charge in [0, 0.05) is 13.0 Å². The monoisotopic (exact) mass is 248 g/mol. The van der Waals surface area contributed by atoms with E-state index in [2.05, 4.69) is 20.3 Å². The zero-order valence-corrected chi connectivity index (χ0v) is 10.6. The Balaban J connectivity index is 1.75. The molecule has 6 nitrogen and oxygen atoms in total. The van der Waals surface area contributed by atoms with Gasteiger partial charge in [0.15, 0.2) is 5.76 Å². The van der Waals surface area contributed by atoms with E-state index in [1.807, 2.05) is 13.0 Å². The molecule has 2 aromatic heterocycles. The molecule has 6 heteroatoms. The Labute approximate surface area is 105 Å². The van der Waals surface area contributed by atoms with Crippen molar-refractivity contribution in [2.75, 3.05) is 6.54 Å². The lowest BCUT2D eigenvalue weighted by atomic mass is 10.1. The van der Waals surface area contributed by atoms with Gasteiger partial charge in [-0.25, -0.2) is 0 Å². The molecule has 0 aromatic carbocycles. The predicted octanol–water partition coefficient (Wildman–Crippen LogP) is 2.01. The van der Waals surface area contributed by atoms with Crippen molar-refractivity contribution in [2.24, 2.45) is 0 Å². The average molecular weight is 248 g/mol. The second-order valence-electron chi connectivity index (χ2n) is 4.71.